The van der Waals surface area contributed by atoms with Crippen molar-refractivity contribution in [2.24, 2.45) is 0 Å². The number of anilines is 1. The molecule has 0 aliphatic heterocycles. The number of aliphatic hydroxyl groups excluding tert-OH is 1. The summed E-state index contributed by atoms with van der Waals surface area (Å²) in [7, 11) is 0. The highest BCUT2D eigenvalue weighted by Gasteiger charge is 2.07. The molecule has 0 fully saturated rings. The molecule has 0 unspecified atom stereocenters. The number of aromatic nitrogens is 2. The van der Waals surface area contributed by atoms with Crippen molar-refractivity contribution in [3.63, 3.8) is 0 Å². The number of hydrogen-bond donors (Lipinski definition) is 2. The second-order valence-corrected chi connectivity index (χ2v) is 3.84. The van der Waals surface area contributed by atoms with Gasteiger partial charge in [-0.3, -0.25) is 4.79 Å². The third-order valence-electron chi connectivity index (χ3n) is 2.49. The number of nitrogens with one attached hydrogen (secondary N) is 1. The van der Waals surface area contributed by atoms with Crippen molar-refractivity contribution >= 4 is 11.6 Å². The highest BCUT2D eigenvalue weighted by molar-refractivity contribution is 5.92. The molecule has 2 N–H and O–H groups in total. The van der Waals surface area contributed by atoms with E-state index in [0.717, 1.165) is 5.69 Å². The Hall–Kier alpha value is -2.14. The zero-order valence-electron chi connectivity index (χ0n) is 9.91. The highest BCUT2D eigenvalue weighted by atomic mass is 16.3. The fraction of sp³-hybridized carbons (Fsp3) is 0.231. The fourth-order valence-electron chi connectivity index (χ4n) is 1.64. The number of carbonyl (C=O) groups is 1. The van der Waals surface area contributed by atoms with E-state index in [1.165, 1.54) is 0 Å². The fourth-order valence-corrected chi connectivity index (χ4v) is 1.64. The Labute approximate surface area is 105 Å². The van der Waals surface area contributed by atoms with Crippen LogP contribution in [-0.4, -0.2) is 27.4 Å². The quantitative estimate of drug-likeness (QED) is 0.840. The summed E-state index contributed by atoms with van der Waals surface area (Å²) >= 11 is 0. The summed E-state index contributed by atoms with van der Waals surface area (Å²) in [6.45, 7) is 0.0220. The number of aliphatic hydroxyl groups is 1. The Balaban J connectivity index is 2.16. The monoisotopic (exact) mass is 245 g/mol. The number of hydrogen-bond acceptors (Lipinski definition) is 3. The second kappa shape index (κ2) is 5.97. The lowest BCUT2D eigenvalue weighted by Crippen LogP contribution is -2.13. The molecule has 94 valence electrons. The van der Waals surface area contributed by atoms with E-state index in [0.29, 0.717) is 18.5 Å². The molecule has 0 aliphatic rings. The van der Waals surface area contributed by atoms with Crippen molar-refractivity contribution in [2.75, 3.05) is 11.9 Å². The normalized spacial score (nSPS) is 10.3. The first-order valence-electron chi connectivity index (χ1n) is 5.81. The SMILES string of the molecule is O=C(CCCO)Nc1ccccc1-n1cccn1. The number of nitrogens with zero attached hydrogens (tertiary/aromatic N) is 2. The molecule has 18 heavy (non-hydrogen) atoms. The van der Waals surface area contributed by atoms with E-state index in [4.69, 9.17) is 5.11 Å². The molecule has 0 saturated carbocycles. The van der Waals surface area contributed by atoms with E-state index < -0.39 is 0 Å². The third kappa shape index (κ3) is 2.95. The summed E-state index contributed by atoms with van der Waals surface area (Å²) in [5.74, 6) is -0.108. The van der Waals surface area contributed by atoms with Gasteiger partial charge in [0, 0.05) is 25.4 Å². The minimum atomic E-state index is -0.108. The number of benzene rings is 1. The van der Waals surface area contributed by atoms with Gasteiger partial charge in [0.1, 0.15) is 0 Å². The van der Waals surface area contributed by atoms with Crippen LogP contribution in [0.5, 0.6) is 0 Å². The van der Waals surface area contributed by atoms with Crippen LogP contribution in [0.1, 0.15) is 12.8 Å². The van der Waals surface area contributed by atoms with E-state index in [9.17, 15) is 4.79 Å². The van der Waals surface area contributed by atoms with Crippen molar-refractivity contribution in [3.8, 4) is 5.69 Å². The van der Waals surface area contributed by atoms with Gasteiger partial charge in [-0.05, 0) is 24.6 Å². The molecular formula is C13H15N3O2. The minimum Gasteiger partial charge on any atom is -0.396 e. The Morgan fingerprint density at radius 1 is 1.33 bits per heavy atom. The lowest BCUT2D eigenvalue weighted by Gasteiger charge is -2.10. The van der Waals surface area contributed by atoms with Gasteiger partial charge in [0.15, 0.2) is 0 Å². The molecule has 0 atom stereocenters. The van der Waals surface area contributed by atoms with E-state index in [1.54, 1.807) is 10.9 Å². The summed E-state index contributed by atoms with van der Waals surface area (Å²) in [6.07, 6.45) is 4.28. The van der Waals surface area contributed by atoms with E-state index in [2.05, 4.69) is 10.4 Å². The summed E-state index contributed by atoms with van der Waals surface area (Å²) in [6, 6.07) is 9.28. The molecule has 2 rings (SSSR count). The lowest BCUT2D eigenvalue weighted by atomic mass is 10.2. The van der Waals surface area contributed by atoms with Crippen LogP contribution in [-0.2, 0) is 4.79 Å². The van der Waals surface area contributed by atoms with Gasteiger partial charge in [-0.1, -0.05) is 12.1 Å². The first-order chi connectivity index (χ1) is 8.81. The van der Waals surface area contributed by atoms with Crippen LogP contribution in [0.4, 0.5) is 5.69 Å². The van der Waals surface area contributed by atoms with Gasteiger partial charge >= 0.3 is 0 Å². The van der Waals surface area contributed by atoms with Gasteiger partial charge in [0.25, 0.3) is 0 Å². The molecule has 0 radical (unpaired) electrons. The smallest absolute Gasteiger partial charge is 0.224 e. The maximum atomic E-state index is 11.6. The number of carbonyl (C=O) groups excluding carboxylic acids is 1. The Morgan fingerprint density at radius 2 is 2.17 bits per heavy atom. The van der Waals surface area contributed by atoms with Crippen molar-refractivity contribution in [2.45, 2.75) is 12.8 Å². The Kier molecular flexibility index (Phi) is 4.09. The van der Waals surface area contributed by atoms with Crippen LogP contribution in [0.2, 0.25) is 0 Å². The van der Waals surface area contributed by atoms with Gasteiger partial charge in [-0.15, -0.1) is 0 Å². The predicted molar refractivity (Wildman–Crippen MR) is 68.5 cm³/mol. The topological polar surface area (TPSA) is 67.2 Å². The minimum absolute atomic E-state index is 0.0220. The second-order valence-electron chi connectivity index (χ2n) is 3.84. The molecule has 1 heterocycles. The molecule has 1 aromatic carbocycles. The maximum Gasteiger partial charge on any atom is 0.224 e. The van der Waals surface area contributed by atoms with Crippen LogP contribution in [0.15, 0.2) is 42.7 Å². The van der Waals surface area contributed by atoms with Crippen LogP contribution < -0.4 is 5.32 Å². The Bertz CT molecular complexity index is 509. The lowest BCUT2D eigenvalue weighted by molar-refractivity contribution is -0.116. The molecule has 0 spiro atoms. The first-order valence-corrected chi connectivity index (χ1v) is 5.81. The molecule has 0 bridgehead atoms. The molecule has 5 heteroatoms. The average Bonchev–Trinajstić information content (AvgIpc) is 2.91. The molecular weight excluding hydrogens is 230 g/mol. The zero-order chi connectivity index (χ0) is 12.8. The Morgan fingerprint density at radius 3 is 2.89 bits per heavy atom. The van der Waals surface area contributed by atoms with Crippen LogP contribution in [0.25, 0.3) is 5.69 Å². The van der Waals surface area contributed by atoms with Gasteiger partial charge < -0.3 is 10.4 Å². The standard InChI is InChI=1S/C13H15N3O2/c17-10-3-7-13(18)15-11-5-1-2-6-12(11)16-9-4-8-14-16/h1-2,4-6,8-9,17H,3,7,10H2,(H,15,18). The average molecular weight is 245 g/mol. The summed E-state index contributed by atoms with van der Waals surface area (Å²) in [5.41, 5.74) is 1.53. The van der Waals surface area contributed by atoms with Crippen LogP contribution in [0, 0.1) is 0 Å². The van der Waals surface area contributed by atoms with Crippen molar-refractivity contribution in [1.29, 1.82) is 0 Å². The first kappa shape index (κ1) is 12.3. The molecule has 1 amide bonds. The summed E-state index contributed by atoms with van der Waals surface area (Å²) in [4.78, 5) is 11.6. The number of para-hydroxylation sites is 2. The zero-order valence-corrected chi connectivity index (χ0v) is 9.91. The van der Waals surface area contributed by atoms with Gasteiger partial charge in [0.2, 0.25) is 5.91 Å². The molecule has 2 aromatic rings. The molecule has 0 aliphatic carbocycles. The van der Waals surface area contributed by atoms with E-state index in [-0.39, 0.29) is 12.5 Å². The highest BCUT2D eigenvalue weighted by Crippen LogP contribution is 2.19. The molecule has 5 nitrogen and oxygen atoms in total. The summed E-state index contributed by atoms with van der Waals surface area (Å²) < 4.78 is 1.70. The van der Waals surface area contributed by atoms with E-state index >= 15 is 0 Å². The number of rotatable bonds is 5. The van der Waals surface area contributed by atoms with E-state index in [1.807, 2.05) is 36.5 Å². The van der Waals surface area contributed by atoms with Crippen molar-refractivity contribution in [1.82, 2.24) is 9.78 Å². The molecule has 1 aromatic heterocycles. The van der Waals surface area contributed by atoms with Crippen molar-refractivity contribution in [3.05, 3.63) is 42.7 Å². The van der Waals surface area contributed by atoms with Gasteiger partial charge in [-0.2, -0.15) is 5.10 Å². The van der Waals surface area contributed by atoms with Crippen molar-refractivity contribution < 1.29 is 9.90 Å². The largest absolute Gasteiger partial charge is 0.396 e. The third-order valence-corrected chi connectivity index (χ3v) is 2.49. The van der Waals surface area contributed by atoms with Gasteiger partial charge in [-0.25, -0.2) is 4.68 Å². The van der Waals surface area contributed by atoms with Crippen LogP contribution in [0.3, 0.4) is 0 Å². The van der Waals surface area contributed by atoms with Crippen LogP contribution >= 0.6 is 0 Å². The molecule has 0 saturated heterocycles. The maximum absolute atomic E-state index is 11.6. The predicted octanol–water partition coefficient (Wildman–Crippen LogP) is 1.58. The summed E-state index contributed by atoms with van der Waals surface area (Å²) in [5, 5.41) is 15.7. The van der Waals surface area contributed by atoms with Gasteiger partial charge in [0.05, 0.1) is 11.4 Å². The number of amides is 1.